The molecule has 0 aliphatic carbocycles. The lowest BCUT2D eigenvalue weighted by Gasteiger charge is -2.23. The highest BCUT2D eigenvalue weighted by Gasteiger charge is 2.35. The van der Waals surface area contributed by atoms with E-state index in [0.717, 1.165) is 18.7 Å². The van der Waals surface area contributed by atoms with Crippen molar-refractivity contribution < 1.29 is 9.18 Å². The van der Waals surface area contributed by atoms with Crippen LogP contribution in [0.4, 0.5) is 10.1 Å². The number of likely N-dealkylation sites (N-methyl/N-ethyl adjacent to an activating group) is 1. The minimum absolute atomic E-state index is 0.0291. The second-order valence-corrected chi connectivity index (χ2v) is 5.80. The lowest BCUT2D eigenvalue weighted by molar-refractivity contribution is -0.121. The monoisotopic (exact) mass is 313 g/mol. The third kappa shape index (κ3) is 3.40. The van der Waals surface area contributed by atoms with Crippen molar-refractivity contribution in [2.45, 2.75) is 18.9 Å². The van der Waals surface area contributed by atoms with Gasteiger partial charge in [-0.25, -0.2) is 4.39 Å². The van der Waals surface area contributed by atoms with Crippen molar-refractivity contribution >= 4 is 11.6 Å². The summed E-state index contributed by atoms with van der Waals surface area (Å²) in [7, 11) is 1.94. The highest BCUT2D eigenvalue weighted by molar-refractivity contribution is 5.99. The molecule has 0 radical (unpaired) electrons. The molecule has 1 aliphatic rings. The Kier molecular flexibility index (Phi) is 4.67. The Morgan fingerprint density at radius 3 is 2.78 bits per heavy atom. The summed E-state index contributed by atoms with van der Waals surface area (Å²) < 4.78 is 13.9. The summed E-state index contributed by atoms with van der Waals surface area (Å²) in [6.07, 6.45) is 3.28. The molecule has 0 bridgehead atoms. The van der Waals surface area contributed by atoms with Gasteiger partial charge in [0.1, 0.15) is 5.82 Å². The second kappa shape index (κ2) is 6.87. The van der Waals surface area contributed by atoms with Crippen LogP contribution in [-0.2, 0) is 11.2 Å². The van der Waals surface area contributed by atoms with Crippen LogP contribution in [-0.4, -0.2) is 42.0 Å². The van der Waals surface area contributed by atoms with Gasteiger partial charge < -0.3 is 4.90 Å². The van der Waals surface area contributed by atoms with Gasteiger partial charge in [-0.2, -0.15) is 0 Å². The van der Waals surface area contributed by atoms with Crippen LogP contribution < -0.4 is 4.90 Å². The van der Waals surface area contributed by atoms with Gasteiger partial charge in [0.05, 0.1) is 11.7 Å². The van der Waals surface area contributed by atoms with Crippen LogP contribution in [0.2, 0.25) is 0 Å². The van der Waals surface area contributed by atoms with Crippen LogP contribution >= 0.6 is 0 Å². The number of pyridine rings is 1. The van der Waals surface area contributed by atoms with E-state index in [4.69, 9.17) is 0 Å². The van der Waals surface area contributed by atoms with Gasteiger partial charge in [0, 0.05) is 31.4 Å². The molecule has 1 aliphatic heterocycles. The van der Waals surface area contributed by atoms with Gasteiger partial charge in [0.15, 0.2) is 0 Å². The summed E-state index contributed by atoms with van der Waals surface area (Å²) in [4.78, 5) is 20.5. The first-order valence-corrected chi connectivity index (χ1v) is 7.83. The zero-order chi connectivity index (χ0) is 16.2. The third-order valence-corrected chi connectivity index (χ3v) is 4.30. The zero-order valence-corrected chi connectivity index (χ0v) is 13.2. The summed E-state index contributed by atoms with van der Waals surface area (Å²) >= 11 is 0. The van der Waals surface area contributed by atoms with Gasteiger partial charge in [-0.15, -0.1) is 0 Å². The molecule has 1 amide bonds. The van der Waals surface area contributed by atoms with Crippen molar-refractivity contribution in [3.8, 4) is 0 Å². The quantitative estimate of drug-likeness (QED) is 0.851. The Morgan fingerprint density at radius 2 is 2.04 bits per heavy atom. The third-order valence-electron chi connectivity index (χ3n) is 4.30. The van der Waals surface area contributed by atoms with E-state index in [2.05, 4.69) is 4.98 Å². The topological polar surface area (TPSA) is 36.4 Å². The van der Waals surface area contributed by atoms with Crippen molar-refractivity contribution in [2.75, 3.05) is 25.0 Å². The standard InChI is InChI=1S/C18H20FN3O/c1-21(12-9-14-6-4-5-11-20-14)17-10-13-22(18(17)23)16-8-3-2-7-15(16)19/h2-8,11,17H,9-10,12-13H2,1H3. The number of halogens is 1. The van der Waals surface area contributed by atoms with Gasteiger partial charge in [-0.05, 0) is 37.7 Å². The lowest BCUT2D eigenvalue weighted by atomic mass is 10.2. The Bertz CT molecular complexity index is 677. The highest BCUT2D eigenvalue weighted by atomic mass is 19.1. The van der Waals surface area contributed by atoms with E-state index in [1.165, 1.54) is 6.07 Å². The average molecular weight is 313 g/mol. The molecule has 1 aromatic carbocycles. The zero-order valence-electron chi connectivity index (χ0n) is 13.2. The Morgan fingerprint density at radius 1 is 1.26 bits per heavy atom. The Balaban J connectivity index is 1.63. The van der Waals surface area contributed by atoms with Gasteiger partial charge in [-0.1, -0.05) is 18.2 Å². The second-order valence-electron chi connectivity index (χ2n) is 5.80. The molecule has 1 saturated heterocycles. The maximum absolute atomic E-state index is 13.9. The number of carbonyl (C=O) groups excluding carboxylic acids is 1. The summed E-state index contributed by atoms with van der Waals surface area (Å²) in [5, 5.41) is 0. The van der Waals surface area contributed by atoms with Gasteiger partial charge >= 0.3 is 0 Å². The van der Waals surface area contributed by atoms with E-state index in [1.54, 1.807) is 29.3 Å². The van der Waals surface area contributed by atoms with Crippen molar-refractivity contribution in [3.63, 3.8) is 0 Å². The molecule has 0 N–H and O–H groups in total. The maximum Gasteiger partial charge on any atom is 0.244 e. The van der Waals surface area contributed by atoms with Gasteiger partial charge in [-0.3, -0.25) is 14.7 Å². The fourth-order valence-electron chi connectivity index (χ4n) is 2.98. The minimum Gasteiger partial charge on any atom is -0.308 e. The number of carbonyl (C=O) groups is 1. The van der Waals surface area contributed by atoms with Crippen LogP contribution in [0.15, 0.2) is 48.7 Å². The molecule has 5 heteroatoms. The number of rotatable bonds is 5. The summed E-state index contributed by atoms with van der Waals surface area (Å²) in [5.74, 6) is -0.378. The van der Waals surface area contributed by atoms with Crippen LogP contribution in [0.3, 0.4) is 0 Å². The van der Waals surface area contributed by atoms with Gasteiger partial charge in [0.2, 0.25) is 5.91 Å². The first-order chi connectivity index (χ1) is 11.2. The summed E-state index contributed by atoms with van der Waals surface area (Å²) in [6.45, 7) is 1.30. The van der Waals surface area contributed by atoms with Crippen LogP contribution in [0, 0.1) is 5.82 Å². The maximum atomic E-state index is 13.9. The minimum atomic E-state index is -0.349. The van der Waals surface area contributed by atoms with E-state index in [9.17, 15) is 9.18 Å². The van der Waals surface area contributed by atoms with Crippen LogP contribution in [0.5, 0.6) is 0 Å². The molecule has 1 fully saturated rings. The molecule has 0 spiro atoms. The molecule has 1 aromatic heterocycles. The molecule has 2 aromatic rings. The fraction of sp³-hybridized carbons (Fsp3) is 0.333. The van der Waals surface area contributed by atoms with Crippen molar-refractivity contribution in [1.29, 1.82) is 0 Å². The normalized spacial score (nSPS) is 18.0. The summed E-state index contributed by atoms with van der Waals surface area (Å²) in [6, 6.07) is 12.1. The van der Waals surface area contributed by atoms with E-state index in [-0.39, 0.29) is 17.8 Å². The fourth-order valence-corrected chi connectivity index (χ4v) is 2.98. The Hall–Kier alpha value is -2.27. The predicted molar refractivity (Wildman–Crippen MR) is 87.7 cm³/mol. The lowest BCUT2D eigenvalue weighted by Crippen LogP contribution is -2.40. The number of amides is 1. The number of nitrogens with zero attached hydrogens (tertiary/aromatic N) is 3. The van der Waals surface area contributed by atoms with Gasteiger partial charge in [0.25, 0.3) is 0 Å². The van der Waals surface area contributed by atoms with Crippen molar-refractivity contribution in [3.05, 3.63) is 60.2 Å². The molecular weight excluding hydrogens is 293 g/mol. The SMILES string of the molecule is CN(CCc1ccccn1)C1CCN(c2ccccc2F)C1=O. The molecule has 3 rings (SSSR count). The summed E-state index contributed by atoms with van der Waals surface area (Å²) in [5.41, 5.74) is 1.38. The smallest absolute Gasteiger partial charge is 0.244 e. The number of hydrogen-bond acceptors (Lipinski definition) is 3. The first-order valence-electron chi connectivity index (χ1n) is 7.83. The molecule has 120 valence electrons. The molecule has 23 heavy (non-hydrogen) atoms. The molecule has 1 unspecified atom stereocenters. The highest BCUT2D eigenvalue weighted by Crippen LogP contribution is 2.26. The number of aromatic nitrogens is 1. The molecule has 0 saturated carbocycles. The molecule has 4 nitrogen and oxygen atoms in total. The van der Waals surface area contributed by atoms with Crippen molar-refractivity contribution in [2.24, 2.45) is 0 Å². The molecule has 1 atom stereocenters. The number of anilines is 1. The van der Waals surface area contributed by atoms with Crippen LogP contribution in [0.25, 0.3) is 0 Å². The predicted octanol–water partition coefficient (Wildman–Crippen LogP) is 2.50. The van der Waals surface area contributed by atoms with E-state index >= 15 is 0 Å². The molecular formula is C18H20FN3O. The first kappa shape index (κ1) is 15.6. The number of benzene rings is 1. The largest absolute Gasteiger partial charge is 0.308 e. The molecule has 2 heterocycles. The number of hydrogen-bond donors (Lipinski definition) is 0. The Labute approximate surface area is 135 Å². The van der Waals surface area contributed by atoms with Crippen LogP contribution in [0.1, 0.15) is 12.1 Å². The van der Waals surface area contributed by atoms with E-state index in [1.807, 2.05) is 30.1 Å². The van der Waals surface area contributed by atoms with E-state index in [0.29, 0.717) is 18.7 Å². The van der Waals surface area contributed by atoms with Crippen molar-refractivity contribution in [1.82, 2.24) is 9.88 Å². The number of para-hydroxylation sites is 1. The average Bonchev–Trinajstić information content (AvgIpc) is 2.95. The van der Waals surface area contributed by atoms with E-state index < -0.39 is 0 Å².